The van der Waals surface area contributed by atoms with Crippen molar-refractivity contribution in [3.63, 3.8) is 0 Å². The molecule has 2 aromatic heterocycles. The van der Waals surface area contributed by atoms with Crippen LogP contribution in [-0.2, 0) is 11.2 Å². The molecule has 0 saturated carbocycles. The van der Waals surface area contributed by atoms with Gasteiger partial charge in [0.2, 0.25) is 0 Å². The van der Waals surface area contributed by atoms with Crippen molar-refractivity contribution in [1.82, 2.24) is 15.3 Å². The lowest BCUT2D eigenvalue weighted by molar-refractivity contribution is -0.117. The molecular weight excluding hydrogens is 382 g/mol. The van der Waals surface area contributed by atoms with E-state index in [1.807, 2.05) is 30.6 Å². The smallest absolute Gasteiger partial charge is 0.259 e. The number of aromatic nitrogens is 2. The van der Waals surface area contributed by atoms with Crippen molar-refractivity contribution in [2.75, 3.05) is 17.2 Å². The van der Waals surface area contributed by atoms with Crippen LogP contribution in [0.3, 0.4) is 0 Å². The second kappa shape index (κ2) is 7.24. The minimum absolute atomic E-state index is 0.0621. The van der Waals surface area contributed by atoms with Crippen molar-refractivity contribution in [2.45, 2.75) is 25.4 Å². The third kappa shape index (κ3) is 3.20. The Labute approximate surface area is 173 Å². The molecule has 29 heavy (non-hydrogen) atoms. The maximum absolute atomic E-state index is 13.1. The normalized spacial score (nSPS) is 21.2. The van der Waals surface area contributed by atoms with Crippen molar-refractivity contribution in [3.05, 3.63) is 70.5 Å². The van der Waals surface area contributed by atoms with Crippen LogP contribution in [-0.4, -0.2) is 34.2 Å². The standard InChI is InChI=1S/C22H23N5OS/c1-13-11-25-21-19(13)17(6-7-24-21)27-8-9-29-18(12-27)22(28)26-20-15-5-3-2-4-14(15)10-16(20)23/h2-7,11-12,16,20H,8-10,23H2,1H3,(H,24,25)(H,26,28)/t16-,20-/m1/s1. The highest BCUT2D eigenvalue weighted by Crippen LogP contribution is 2.34. The maximum Gasteiger partial charge on any atom is 0.259 e. The lowest BCUT2D eigenvalue weighted by Crippen LogP contribution is -2.39. The third-order valence-electron chi connectivity index (χ3n) is 5.71. The summed E-state index contributed by atoms with van der Waals surface area (Å²) in [5.41, 5.74) is 11.8. The topological polar surface area (TPSA) is 87.0 Å². The molecule has 0 spiro atoms. The maximum atomic E-state index is 13.1. The van der Waals surface area contributed by atoms with E-state index in [9.17, 15) is 4.79 Å². The fraction of sp³-hybridized carbons (Fsp3) is 0.273. The molecule has 7 heteroatoms. The molecule has 0 fully saturated rings. The number of H-pyrrole nitrogens is 1. The highest BCUT2D eigenvalue weighted by Gasteiger charge is 2.32. The molecule has 4 N–H and O–H groups in total. The van der Waals surface area contributed by atoms with Crippen LogP contribution in [0.1, 0.15) is 22.7 Å². The molecule has 0 saturated heterocycles. The number of hydrogen-bond donors (Lipinski definition) is 3. The average molecular weight is 406 g/mol. The van der Waals surface area contributed by atoms with Crippen LogP contribution < -0.4 is 16.0 Å². The molecule has 0 bridgehead atoms. The molecule has 1 aromatic carbocycles. The quantitative estimate of drug-likeness (QED) is 0.624. The van der Waals surface area contributed by atoms with Crippen molar-refractivity contribution in [3.8, 4) is 0 Å². The van der Waals surface area contributed by atoms with E-state index in [2.05, 4.69) is 39.2 Å². The minimum atomic E-state index is -0.143. The first-order chi connectivity index (χ1) is 14.1. The summed E-state index contributed by atoms with van der Waals surface area (Å²) in [6.45, 7) is 2.91. The number of carbonyl (C=O) groups is 1. The van der Waals surface area contributed by atoms with E-state index in [4.69, 9.17) is 5.73 Å². The van der Waals surface area contributed by atoms with Crippen molar-refractivity contribution >= 4 is 34.4 Å². The fourth-order valence-electron chi connectivity index (χ4n) is 4.27. The van der Waals surface area contributed by atoms with Gasteiger partial charge in [-0.05, 0) is 36.1 Å². The number of nitrogens with zero attached hydrogens (tertiary/aromatic N) is 2. The molecule has 0 radical (unpaired) electrons. The number of pyridine rings is 1. The van der Waals surface area contributed by atoms with E-state index in [-0.39, 0.29) is 18.0 Å². The summed E-state index contributed by atoms with van der Waals surface area (Å²) < 4.78 is 0. The van der Waals surface area contributed by atoms with Crippen LogP contribution in [0.4, 0.5) is 5.69 Å². The first kappa shape index (κ1) is 18.3. The number of aromatic amines is 1. The second-order valence-electron chi connectivity index (χ2n) is 7.58. The molecule has 6 nitrogen and oxygen atoms in total. The Morgan fingerprint density at radius 1 is 1.34 bits per heavy atom. The molecule has 2 atom stereocenters. The minimum Gasteiger partial charge on any atom is -0.346 e. The molecule has 1 amide bonds. The van der Waals surface area contributed by atoms with Crippen LogP contribution in [0.15, 0.2) is 53.8 Å². The van der Waals surface area contributed by atoms with Gasteiger partial charge >= 0.3 is 0 Å². The van der Waals surface area contributed by atoms with E-state index < -0.39 is 0 Å². The van der Waals surface area contributed by atoms with Gasteiger partial charge in [-0.15, -0.1) is 11.8 Å². The lowest BCUT2D eigenvalue weighted by atomic mass is 10.1. The Morgan fingerprint density at radius 2 is 2.21 bits per heavy atom. The molecule has 1 aliphatic carbocycles. The van der Waals surface area contributed by atoms with E-state index in [0.717, 1.165) is 46.6 Å². The summed E-state index contributed by atoms with van der Waals surface area (Å²) in [6, 6.07) is 9.94. The Bertz CT molecular complexity index is 1120. The van der Waals surface area contributed by atoms with Crippen LogP contribution >= 0.6 is 11.8 Å². The van der Waals surface area contributed by atoms with Crippen LogP contribution in [0.2, 0.25) is 0 Å². The number of rotatable bonds is 3. The Kier molecular flexibility index (Phi) is 4.56. The Morgan fingerprint density at radius 3 is 3.10 bits per heavy atom. The molecule has 3 aromatic rings. The SMILES string of the molecule is Cc1c[nH]c2nccc(N3C=C(C(=O)N[C@@H]4c5ccccc5C[C@H]4N)SCC3)c12. The number of benzene rings is 1. The summed E-state index contributed by atoms with van der Waals surface area (Å²) in [5.74, 6) is 0.785. The van der Waals surface area contributed by atoms with Crippen molar-refractivity contribution < 1.29 is 4.79 Å². The molecule has 0 unspecified atom stereocenters. The molecular formula is C22H23N5OS. The second-order valence-corrected chi connectivity index (χ2v) is 8.72. The summed E-state index contributed by atoms with van der Waals surface area (Å²) >= 11 is 1.59. The molecule has 148 valence electrons. The molecule has 2 aliphatic rings. The predicted molar refractivity (Wildman–Crippen MR) is 118 cm³/mol. The van der Waals surface area contributed by atoms with Gasteiger partial charge in [-0.3, -0.25) is 4.79 Å². The van der Waals surface area contributed by atoms with E-state index >= 15 is 0 Å². The first-order valence-corrected chi connectivity index (χ1v) is 10.8. The predicted octanol–water partition coefficient (Wildman–Crippen LogP) is 3.01. The molecule has 5 rings (SSSR count). The average Bonchev–Trinajstić information content (AvgIpc) is 3.28. The monoisotopic (exact) mass is 405 g/mol. The zero-order valence-corrected chi connectivity index (χ0v) is 17.0. The van der Waals surface area contributed by atoms with E-state index in [1.54, 1.807) is 18.0 Å². The number of hydrogen-bond acceptors (Lipinski definition) is 5. The van der Waals surface area contributed by atoms with Gasteiger partial charge in [0.1, 0.15) is 5.65 Å². The number of amides is 1. The largest absolute Gasteiger partial charge is 0.346 e. The molecule has 1 aliphatic heterocycles. The Balaban J connectivity index is 1.42. The van der Waals surface area contributed by atoms with Gasteiger partial charge in [0.15, 0.2) is 0 Å². The number of thioether (sulfide) groups is 1. The van der Waals surface area contributed by atoms with Gasteiger partial charge in [-0.25, -0.2) is 4.98 Å². The summed E-state index contributed by atoms with van der Waals surface area (Å²) in [4.78, 5) is 23.5. The Hall–Kier alpha value is -2.77. The van der Waals surface area contributed by atoms with E-state index in [1.165, 1.54) is 5.56 Å². The number of fused-ring (bicyclic) bond motifs is 2. The van der Waals surface area contributed by atoms with Crippen LogP contribution in [0, 0.1) is 6.92 Å². The summed E-state index contributed by atoms with van der Waals surface area (Å²) in [6.07, 6.45) is 6.52. The zero-order valence-electron chi connectivity index (χ0n) is 16.2. The third-order valence-corrected chi connectivity index (χ3v) is 6.69. The van der Waals surface area contributed by atoms with Gasteiger partial charge in [-0.1, -0.05) is 24.3 Å². The summed E-state index contributed by atoms with van der Waals surface area (Å²) in [7, 11) is 0. The van der Waals surface area contributed by atoms with Gasteiger partial charge in [0.25, 0.3) is 5.91 Å². The number of nitrogens with two attached hydrogens (primary N) is 1. The van der Waals surface area contributed by atoms with Crippen molar-refractivity contribution in [1.29, 1.82) is 0 Å². The van der Waals surface area contributed by atoms with Crippen LogP contribution in [0.5, 0.6) is 0 Å². The van der Waals surface area contributed by atoms with Gasteiger partial charge in [0, 0.05) is 42.3 Å². The van der Waals surface area contributed by atoms with Crippen molar-refractivity contribution in [2.24, 2.45) is 5.73 Å². The van der Waals surface area contributed by atoms with Gasteiger partial charge in [0.05, 0.1) is 16.6 Å². The number of anilines is 1. The van der Waals surface area contributed by atoms with Gasteiger partial charge < -0.3 is 20.9 Å². The summed E-state index contributed by atoms with van der Waals surface area (Å²) in [5, 5.41) is 4.27. The van der Waals surface area contributed by atoms with Gasteiger partial charge in [-0.2, -0.15) is 0 Å². The number of nitrogens with one attached hydrogen (secondary N) is 2. The van der Waals surface area contributed by atoms with Crippen LogP contribution in [0.25, 0.3) is 11.0 Å². The molecule has 3 heterocycles. The highest BCUT2D eigenvalue weighted by atomic mass is 32.2. The van der Waals surface area contributed by atoms with E-state index in [0.29, 0.717) is 4.91 Å². The highest BCUT2D eigenvalue weighted by molar-refractivity contribution is 8.04. The lowest BCUT2D eigenvalue weighted by Gasteiger charge is -2.28. The first-order valence-electron chi connectivity index (χ1n) is 9.80. The zero-order chi connectivity index (χ0) is 20.0. The number of carbonyl (C=O) groups excluding carboxylic acids is 1. The fourth-order valence-corrected chi connectivity index (χ4v) is 5.17. The number of aryl methyl sites for hydroxylation is 1.